The van der Waals surface area contributed by atoms with Crippen molar-refractivity contribution in [3.63, 3.8) is 0 Å². The van der Waals surface area contributed by atoms with Gasteiger partial charge < -0.3 is 4.90 Å². The van der Waals surface area contributed by atoms with Crippen LogP contribution < -0.4 is 0 Å². The van der Waals surface area contributed by atoms with Gasteiger partial charge in [-0.2, -0.15) is 0 Å². The molecule has 1 aliphatic heterocycles. The Morgan fingerprint density at radius 3 is 2.33 bits per heavy atom. The smallest absolute Gasteiger partial charge is 0.0569 e. The highest BCUT2D eigenvalue weighted by molar-refractivity contribution is 5.15. The van der Waals surface area contributed by atoms with Crippen LogP contribution in [-0.2, 0) is 0 Å². The molecule has 0 aliphatic carbocycles. The highest BCUT2D eigenvalue weighted by Crippen LogP contribution is 2.16. The summed E-state index contributed by atoms with van der Waals surface area (Å²) in [5.41, 5.74) is 1.47. The van der Waals surface area contributed by atoms with Gasteiger partial charge in [-0.15, -0.1) is 0 Å². The summed E-state index contributed by atoms with van der Waals surface area (Å²) >= 11 is 0. The quantitative estimate of drug-likeness (QED) is 0.392. The fourth-order valence-corrected chi connectivity index (χ4v) is 0.519. The predicted molar refractivity (Wildman–Crippen MR) is 26.4 cm³/mol. The Bertz CT molecular complexity index is 83.9. The van der Waals surface area contributed by atoms with E-state index >= 15 is 0 Å². The van der Waals surface area contributed by atoms with Crippen molar-refractivity contribution in [3.8, 4) is 0 Å². The van der Waals surface area contributed by atoms with E-state index in [1.165, 1.54) is 12.2 Å². The van der Waals surface area contributed by atoms with Crippen LogP contribution in [0.3, 0.4) is 0 Å². The van der Waals surface area contributed by atoms with E-state index in [2.05, 4.69) is 24.9 Å². The van der Waals surface area contributed by atoms with Gasteiger partial charge in [0.2, 0.25) is 0 Å². The van der Waals surface area contributed by atoms with Crippen LogP contribution >= 0.6 is 0 Å². The standard InChI is InChI=1S/C5H9N/c1-3-5-4-6(5)2/h3H,4H2,1-2H3. The molecule has 0 N–H and O–H groups in total. The largest absolute Gasteiger partial charge is 0.371 e. The van der Waals surface area contributed by atoms with Crippen molar-refractivity contribution in [1.82, 2.24) is 4.90 Å². The number of rotatable bonds is 0. The van der Waals surface area contributed by atoms with Gasteiger partial charge in [0.1, 0.15) is 0 Å². The molecule has 1 saturated heterocycles. The van der Waals surface area contributed by atoms with Crippen molar-refractivity contribution < 1.29 is 0 Å². The maximum Gasteiger partial charge on any atom is 0.0569 e. The minimum absolute atomic E-state index is 1.19. The van der Waals surface area contributed by atoms with E-state index in [9.17, 15) is 0 Å². The first-order valence-electron chi connectivity index (χ1n) is 2.21. The Balaban J connectivity index is 2.44. The van der Waals surface area contributed by atoms with Gasteiger partial charge in [0, 0.05) is 12.7 Å². The second kappa shape index (κ2) is 1.00. The van der Waals surface area contributed by atoms with Crippen molar-refractivity contribution in [2.24, 2.45) is 0 Å². The highest BCUT2D eigenvalue weighted by atomic mass is 15.2. The third kappa shape index (κ3) is 0.402. The van der Waals surface area contributed by atoms with Gasteiger partial charge >= 0.3 is 0 Å². The Labute approximate surface area is 38.3 Å². The number of nitrogens with zero attached hydrogens (tertiary/aromatic N) is 1. The van der Waals surface area contributed by atoms with Crippen LogP contribution in [0.1, 0.15) is 6.92 Å². The summed E-state index contributed by atoms with van der Waals surface area (Å²) in [5.74, 6) is 0. The van der Waals surface area contributed by atoms with Crippen molar-refractivity contribution in [2.45, 2.75) is 6.92 Å². The second-order valence-electron chi connectivity index (χ2n) is 1.64. The summed E-state index contributed by atoms with van der Waals surface area (Å²) in [5, 5.41) is 0. The molecule has 1 fully saturated rings. The fraction of sp³-hybridized carbons (Fsp3) is 0.600. The topological polar surface area (TPSA) is 3.01 Å². The predicted octanol–water partition coefficient (Wildman–Crippen LogP) is 0.836. The molecule has 1 aliphatic rings. The lowest BCUT2D eigenvalue weighted by Gasteiger charge is -1.75. The second-order valence-corrected chi connectivity index (χ2v) is 1.64. The lowest BCUT2D eigenvalue weighted by molar-refractivity contribution is 0.728. The van der Waals surface area contributed by atoms with Crippen LogP contribution in [0.4, 0.5) is 0 Å². The molecule has 0 amide bonds. The molecule has 0 radical (unpaired) electrons. The van der Waals surface area contributed by atoms with E-state index in [4.69, 9.17) is 0 Å². The van der Waals surface area contributed by atoms with Gasteiger partial charge in [0.25, 0.3) is 0 Å². The first-order chi connectivity index (χ1) is 2.84. The summed E-state index contributed by atoms with van der Waals surface area (Å²) in [6.45, 7) is 3.26. The van der Waals surface area contributed by atoms with Crippen LogP contribution in [0.2, 0.25) is 0 Å². The zero-order chi connectivity index (χ0) is 4.57. The van der Waals surface area contributed by atoms with E-state index in [1.807, 2.05) is 0 Å². The Hall–Kier alpha value is -0.460. The molecule has 1 heteroatoms. The molecule has 0 aromatic carbocycles. The molecule has 0 saturated carbocycles. The van der Waals surface area contributed by atoms with Gasteiger partial charge in [0.15, 0.2) is 0 Å². The van der Waals surface area contributed by atoms with Crippen molar-refractivity contribution >= 4 is 0 Å². The Morgan fingerprint density at radius 2 is 2.33 bits per heavy atom. The summed E-state index contributed by atoms with van der Waals surface area (Å²) in [7, 11) is 2.09. The van der Waals surface area contributed by atoms with Crippen LogP contribution in [0.5, 0.6) is 0 Å². The normalized spacial score (nSPS) is 25.7. The van der Waals surface area contributed by atoms with Crippen LogP contribution in [0.15, 0.2) is 11.8 Å². The van der Waals surface area contributed by atoms with E-state index < -0.39 is 0 Å². The Kier molecular flexibility index (Phi) is 0.621. The summed E-state index contributed by atoms with van der Waals surface area (Å²) in [6.07, 6.45) is 2.14. The molecule has 6 heavy (non-hydrogen) atoms. The summed E-state index contributed by atoms with van der Waals surface area (Å²) in [6, 6.07) is 0. The molecular weight excluding hydrogens is 74.1 g/mol. The number of hydrogen-bond acceptors (Lipinski definition) is 1. The molecule has 0 aromatic heterocycles. The third-order valence-electron chi connectivity index (χ3n) is 1.12. The zero-order valence-electron chi connectivity index (χ0n) is 4.23. The Morgan fingerprint density at radius 1 is 1.83 bits per heavy atom. The number of likely N-dealkylation sites (N-methyl/N-ethyl adjacent to an activating group) is 1. The molecule has 0 atom stereocenters. The van der Waals surface area contributed by atoms with Crippen LogP contribution in [0, 0.1) is 0 Å². The SMILES string of the molecule is CC=C1CN1C. The highest BCUT2D eigenvalue weighted by Gasteiger charge is 2.16. The maximum atomic E-state index is 2.21. The molecular formula is C5H9N. The first-order valence-corrected chi connectivity index (χ1v) is 2.21. The molecule has 0 unspecified atom stereocenters. The van der Waals surface area contributed by atoms with Crippen molar-refractivity contribution in [1.29, 1.82) is 0 Å². The van der Waals surface area contributed by atoms with Gasteiger partial charge in [-0.1, -0.05) is 6.08 Å². The third-order valence-corrected chi connectivity index (χ3v) is 1.12. The molecule has 0 aromatic rings. The minimum Gasteiger partial charge on any atom is -0.371 e. The average Bonchev–Trinajstić information content (AvgIpc) is 2.19. The molecule has 0 spiro atoms. The molecule has 1 rings (SSSR count). The molecule has 34 valence electrons. The van der Waals surface area contributed by atoms with E-state index in [0.717, 1.165) is 0 Å². The van der Waals surface area contributed by atoms with Gasteiger partial charge in [-0.25, -0.2) is 0 Å². The molecule has 1 heterocycles. The molecule has 1 nitrogen and oxygen atoms in total. The van der Waals surface area contributed by atoms with Crippen molar-refractivity contribution in [3.05, 3.63) is 11.8 Å². The fourth-order valence-electron chi connectivity index (χ4n) is 0.519. The van der Waals surface area contributed by atoms with Gasteiger partial charge in [-0.05, 0) is 6.92 Å². The minimum atomic E-state index is 1.19. The van der Waals surface area contributed by atoms with Gasteiger partial charge in [-0.3, -0.25) is 0 Å². The number of allylic oxidation sites excluding steroid dienone is 1. The maximum absolute atomic E-state index is 2.21. The van der Waals surface area contributed by atoms with Crippen LogP contribution in [-0.4, -0.2) is 18.5 Å². The van der Waals surface area contributed by atoms with Crippen LogP contribution in [0.25, 0.3) is 0 Å². The summed E-state index contributed by atoms with van der Waals surface area (Å²) in [4.78, 5) is 2.21. The lowest BCUT2D eigenvalue weighted by atomic mass is 10.6. The first kappa shape index (κ1) is 3.72. The summed E-state index contributed by atoms with van der Waals surface area (Å²) < 4.78 is 0. The van der Waals surface area contributed by atoms with Crippen molar-refractivity contribution in [2.75, 3.05) is 13.6 Å². The zero-order valence-corrected chi connectivity index (χ0v) is 4.23. The lowest BCUT2D eigenvalue weighted by Crippen LogP contribution is -1.75. The average molecular weight is 83.1 g/mol. The van der Waals surface area contributed by atoms with Gasteiger partial charge in [0.05, 0.1) is 6.54 Å². The van der Waals surface area contributed by atoms with E-state index in [0.29, 0.717) is 0 Å². The van der Waals surface area contributed by atoms with E-state index in [-0.39, 0.29) is 0 Å². The monoisotopic (exact) mass is 83.1 g/mol. The molecule has 0 bridgehead atoms. The number of hydrogen-bond donors (Lipinski definition) is 0. The van der Waals surface area contributed by atoms with E-state index in [1.54, 1.807) is 0 Å².